The summed E-state index contributed by atoms with van der Waals surface area (Å²) < 4.78 is 5.96. The van der Waals surface area contributed by atoms with E-state index in [0.29, 0.717) is 13.2 Å². The van der Waals surface area contributed by atoms with Crippen LogP contribution < -0.4 is 15.4 Å². The van der Waals surface area contributed by atoms with Crippen molar-refractivity contribution in [1.82, 2.24) is 20.5 Å². The molecule has 3 aromatic rings. The highest BCUT2D eigenvalue weighted by atomic mass is 16.5. The van der Waals surface area contributed by atoms with E-state index in [-0.39, 0.29) is 11.8 Å². The first kappa shape index (κ1) is 27.3. The lowest BCUT2D eigenvalue weighted by Crippen LogP contribution is -2.53. The summed E-state index contributed by atoms with van der Waals surface area (Å²) in [5.41, 5.74) is 5.75. The molecule has 2 amide bonds. The average Bonchev–Trinajstić information content (AvgIpc) is 3.24. The number of nitrogens with one attached hydrogen (secondary N) is 3. The number of fused-ring (bicyclic) bond motifs is 2. The van der Waals surface area contributed by atoms with Crippen LogP contribution in [0, 0.1) is 19.3 Å². The van der Waals surface area contributed by atoms with E-state index < -0.39 is 11.5 Å². The summed E-state index contributed by atoms with van der Waals surface area (Å²) >= 11 is 0. The molecule has 1 aromatic heterocycles. The van der Waals surface area contributed by atoms with Gasteiger partial charge >= 0.3 is 0 Å². The molecule has 0 saturated carbocycles. The Bertz CT molecular complexity index is 1320. The first-order valence-corrected chi connectivity index (χ1v) is 14.4. The maximum absolute atomic E-state index is 13.7. The van der Waals surface area contributed by atoms with Crippen molar-refractivity contribution >= 4 is 22.7 Å². The lowest BCUT2D eigenvalue weighted by atomic mass is 9.73. The summed E-state index contributed by atoms with van der Waals surface area (Å²) in [5, 5.41) is 7.26. The van der Waals surface area contributed by atoms with Gasteiger partial charge in [-0.15, -0.1) is 0 Å². The number of ether oxygens (including phenoxy) is 1. The molecule has 7 heteroatoms. The summed E-state index contributed by atoms with van der Waals surface area (Å²) in [6, 6.07) is 14.1. The molecule has 3 heterocycles. The predicted molar refractivity (Wildman–Crippen MR) is 155 cm³/mol. The second kappa shape index (κ2) is 11.8. The molecule has 2 aliphatic rings. The molecule has 208 valence electrons. The minimum Gasteiger partial charge on any atom is -0.491 e. The zero-order valence-electron chi connectivity index (χ0n) is 23.6. The van der Waals surface area contributed by atoms with Crippen LogP contribution in [0.4, 0.5) is 0 Å². The maximum Gasteiger partial charge on any atom is 0.242 e. The fraction of sp³-hybridized carbons (Fsp3) is 0.500. The van der Waals surface area contributed by atoms with Crippen molar-refractivity contribution in [3.8, 4) is 5.75 Å². The highest BCUT2D eigenvalue weighted by Crippen LogP contribution is 2.38. The van der Waals surface area contributed by atoms with E-state index in [1.165, 1.54) is 33.3 Å². The molecule has 5 rings (SSSR count). The molecule has 2 aliphatic heterocycles. The Balaban J connectivity index is 1.29. The van der Waals surface area contributed by atoms with Crippen molar-refractivity contribution in [1.29, 1.82) is 0 Å². The van der Waals surface area contributed by atoms with E-state index >= 15 is 0 Å². The van der Waals surface area contributed by atoms with E-state index in [2.05, 4.69) is 58.6 Å². The van der Waals surface area contributed by atoms with E-state index in [4.69, 9.17) is 4.74 Å². The quantitative estimate of drug-likeness (QED) is 0.445. The summed E-state index contributed by atoms with van der Waals surface area (Å²) in [7, 11) is 0. The van der Waals surface area contributed by atoms with Crippen LogP contribution in [-0.4, -0.2) is 54.0 Å². The van der Waals surface area contributed by atoms with Gasteiger partial charge in [-0.1, -0.05) is 36.2 Å². The van der Waals surface area contributed by atoms with Gasteiger partial charge in [0.2, 0.25) is 11.8 Å². The van der Waals surface area contributed by atoms with Gasteiger partial charge < -0.3 is 20.4 Å². The number of benzene rings is 2. The van der Waals surface area contributed by atoms with E-state index in [1.807, 2.05) is 18.2 Å². The molecule has 0 unspecified atom stereocenters. The van der Waals surface area contributed by atoms with Crippen molar-refractivity contribution in [3.05, 3.63) is 64.8 Å². The molecular formula is C32H42N4O3. The largest absolute Gasteiger partial charge is 0.491 e. The number of amides is 2. The number of hydrogen-bond acceptors (Lipinski definition) is 4. The molecule has 0 aliphatic carbocycles. The van der Waals surface area contributed by atoms with Crippen molar-refractivity contribution in [2.75, 3.05) is 26.2 Å². The number of H-pyrrole nitrogens is 1. The lowest BCUT2D eigenvalue weighted by molar-refractivity contribution is -0.138. The standard InChI is InChI=1S/C32H42N4O3/c1-22-11-12-27-26(20-22)23(2)28(35-27)21-36-17-14-32(15-18-36)13-7-6-9-25-8-4-5-10-29(25)39-19-16-33-30(37)24(3)34-31(32)38/h4-5,8,10-12,20,24,35H,6-7,9,13-19,21H2,1-3H3,(H,33,37)(H,34,38)/t24-/m0/s1. The molecule has 39 heavy (non-hydrogen) atoms. The van der Waals surface area contributed by atoms with Gasteiger partial charge in [-0.25, -0.2) is 0 Å². The number of rotatable bonds is 2. The molecule has 1 saturated heterocycles. The number of carbonyl (C=O) groups is 2. The predicted octanol–water partition coefficient (Wildman–Crippen LogP) is 4.79. The van der Waals surface area contributed by atoms with Crippen molar-refractivity contribution < 1.29 is 14.3 Å². The molecule has 1 spiro atoms. The van der Waals surface area contributed by atoms with Crippen LogP contribution in [0.5, 0.6) is 5.75 Å². The normalized spacial score (nSPS) is 21.4. The van der Waals surface area contributed by atoms with Gasteiger partial charge in [-0.3, -0.25) is 14.5 Å². The number of para-hydroxylation sites is 1. The zero-order valence-corrected chi connectivity index (χ0v) is 23.6. The number of aryl methyl sites for hydroxylation is 3. The molecule has 1 fully saturated rings. The van der Waals surface area contributed by atoms with Crippen molar-refractivity contribution in [3.63, 3.8) is 0 Å². The number of hydrogen-bond donors (Lipinski definition) is 3. The van der Waals surface area contributed by atoms with Crippen LogP contribution in [0.1, 0.15) is 61.4 Å². The zero-order chi connectivity index (χ0) is 27.4. The number of nitrogens with zero attached hydrogens (tertiary/aromatic N) is 1. The van der Waals surface area contributed by atoms with E-state index in [1.54, 1.807) is 6.92 Å². The molecule has 7 nitrogen and oxygen atoms in total. The van der Waals surface area contributed by atoms with Crippen LogP contribution in [-0.2, 0) is 22.6 Å². The van der Waals surface area contributed by atoms with Gasteiger partial charge in [0, 0.05) is 23.1 Å². The Morgan fingerprint density at radius 3 is 2.64 bits per heavy atom. The third-order valence-corrected chi connectivity index (χ3v) is 8.72. The van der Waals surface area contributed by atoms with Gasteiger partial charge in [-0.05, 0) is 95.3 Å². The van der Waals surface area contributed by atoms with Gasteiger partial charge in [0.05, 0.1) is 12.0 Å². The van der Waals surface area contributed by atoms with Gasteiger partial charge in [0.25, 0.3) is 0 Å². The summed E-state index contributed by atoms with van der Waals surface area (Å²) in [6.07, 6.45) is 5.30. The first-order valence-electron chi connectivity index (χ1n) is 14.4. The van der Waals surface area contributed by atoms with Crippen LogP contribution in [0.2, 0.25) is 0 Å². The van der Waals surface area contributed by atoms with Crippen LogP contribution >= 0.6 is 0 Å². The first-order chi connectivity index (χ1) is 18.8. The maximum atomic E-state index is 13.7. The van der Waals surface area contributed by atoms with Gasteiger partial charge in [0.15, 0.2) is 0 Å². The molecule has 0 radical (unpaired) electrons. The summed E-state index contributed by atoms with van der Waals surface area (Å²) in [5.74, 6) is 0.732. The number of likely N-dealkylation sites (tertiary alicyclic amines) is 1. The second-order valence-corrected chi connectivity index (χ2v) is 11.5. The molecule has 1 atom stereocenters. The molecule has 3 N–H and O–H groups in total. The van der Waals surface area contributed by atoms with Crippen molar-refractivity contribution in [2.24, 2.45) is 5.41 Å². The van der Waals surface area contributed by atoms with E-state index in [9.17, 15) is 9.59 Å². The summed E-state index contributed by atoms with van der Waals surface area (Å²) in [4.78, 5) is 32.5. The highest BCUT2D eigenvalue weighted by molar-refractivity contribution is 5.90. The molecule has 2 aromatic carbocycles. The van der Waals surface area contributed by atoms with Crippen LogP contribution in [0.15, 0.2) is 42.5 Å². The Hall–Kier alpha value is -3.32. The second-order valence-electron chi connectivity index (χ2n) is 11.5. The Kier molecular flexibility index (Phi) is 8.26. The molecule has 0 bridgehead atoms. The third kappa shape index (κ3) is 6.14. The SMILES string of the molecule is Cc1ccc2[nH]c(CN3CCC4(CCCCc5ccccc5OCCNC(=O)[C@H](C)NC4=O)CC3)c(C)c2c1. The minimum absolute atomic E-state index is 0.0218. The monoisotopic (exact) mass is 530 g/mol. The number of aromatic nitrogens is 1. The topological polar surface area (TPSA) is 86.5 Å². The van der Waals surface area contributed by atoms with Crippen molar-refractivity contribution in [2.45, 2.75) is 71.9 Å². The average molecular weight is 531 g/mol. The van der Waals surface area contributed by atoms with Gasteiger partial charge in [-0.2, -0.15) is 0 Å². The van der Waals surface area contributed by atoms with Crippen LogP contribution in [0.3, 0.4) is 0 Å². The number of aromatic amines is 1. The minimum atomic E-state index is -0.581. The fourth-order valence-electron chi connectivity index (χ4n) is 6.14. The third-order valence-electron chi connectivity index (χ3n) is 8.72. The highest BCUT2D eigenvalue weighted by Gasteiger charge is 2.41. The summed E-state index contributed by atoms with van der Waals surface area (Å²) in [6.45, 7) is 9.47. The van der Waals surface area contributed by atoms with Crippen LogP contribution in [0.25, 0.3) is 10.9 Å². The Labute approximate surface area is 231 Å². The van der Waals surface area contributed by atoms with Gasteiger partial charge in [0.1, 0.15) is 18.4 Å². The Morgan fingerprint density at radius 2 is 1.82 bits per heavy atom. The number of carbonyl (C=O) groups excluding carboxylic acids is 2. The number of piperidine rings is 1. The fourth-order valence-corrected chi connectivity index (χ4v) is 6.14. The smallest absolute Gasteiger partial charge is 0.242 e. The Morgan fingerprint density at radius 1 is 1.03 bits per heavy atom. The van der Waals surface area contributed by atoms with E-state index in [0.717, 1.165) is 63.9 Å². The molecular weight excluding hydrogens is 488 g/mol. The lowest BCUT2D eigenvalue weighted by Gasteiger charge is -2.41.